The van der Waals surface area contributed by atoms with Crippen molar-refractivity contribution in [3.63, 3.8) is 0 Å². The van der Waals surface area contributed by atoms with E-state index in [0.29, 0.717) is 0 Å². The van der Waals surface area contributed by atoms with Crippen LogP contribution in [0.15, 0.2) is 10.9 Å². The molecular weight excluding hydrogens is 192 g/mol. The maximum Gasteiger partial charge on any atom is 0.263 e. The van der Waals surface area contributed by atoms with Gasteiger partial charge in [0.2, 0.25) is 0 Å². The Kier molecular flexibility index (Phi) is 2.34. The number of hydrogen-bond acceptors (Lipinski definition) is 2. The number of fused-ring (bicyclic) bond motifs is 1. The molecule has 4 nitrogen and oxygen atoms in total. The summed E-state index contributed by atoms with van der Waals surface area (Å²) in [6.07, 6.45) is 2.97. The first-order chi connectivity index (χ1) is 7.15. The van der Waals surface area contributed by atoms with Crippen molar-refractivity contribution in [2.24, 2.45) is 7.05 Å². The third-order valence-electron chi connectivity index (χ3n) is 2.96. The average Bonchev–Trinajstić information content (AvgIpc) is 2.70. The molecule has 1 aliphatic rings. The topological polar surface area (TPSA) is 51.1 Å². The van der Waals surface area contributed by atoms with E-state index in [4.69, 9.17) is 0 Å². The van der Waals surface area contributed by atoms with Crippen LogP contribution >= 0.6 is 0 Å². The number of nitrogens with one attached hydrogen (secondary N) is 1. The third kappa shape index (κ3) is 1.46. The molecule has 0 spiro atoms. The molecular formula is C11H14N2O2. The summed E-state index contributed by atoms with van der Waals surface area (Å²) in [4.78, 5) is 23.3. The zero-order chi connectivity index (χ0) is 11.0. The number of carbonyl (C=O) groups is 1. The van der Waals surface area contributed by atoms with Gasteiger partial charge in [0, 0.05) is 19.8 Å². The van der Waals surface area contributed by atoms with Gasteiger partial charge in [-0.25, -0.2) is 0 Å². The molecule has 0 radical (unpaired) electrons. The monoisotopic (exact) mass is 206 g/mol. The fourth-order valence-corrected chi connectivity index (χ4v) is 2.13. The molecule has 0 aliphatic heterocycles. The molecule has 1 heterocycles. The van der Waals surface area contributed by atoms with Crippen molar-refractivity contribution in [1.29, 1.82) is 0 Å². The zero-order valence-electron chi connectivity index (χ0n) is 8.96. The quantitative estimate of drug-likeness (QED) is 0.715. The molecule has 0 fully saturated rings. The minimum Gasteiger partial charge on any atom is -0.355 e. The van der Waals surface area contributed by atoms with Gasteiger partial charge in [-0.05, 0) is 30.9 Å². The standard InChI is InChI=1S/C11H14N2O2/c1-12-10(14)8-6-7-4-3-5-9(7)13(2)11(8)15/h6H,3-5H2,1-2H3,(H,12,14). The molecule has 80 valence electrons. The van der Waals surface area contributed by atoms with E-state index in [1.54, 1.807) is 17.7 Å². The van der Waals surface area contributed by atoms with Gasteiger partial charge in [-0.1, -0.05) is 0 Å². The first kappa shape index (κ1) is 9.96. The van der Waals surface area contributed by atoms with Gasteiger partial charge in [-0.3, -0.25) is 9.59 Å². The second-order valence-corrected chi connectivity index (χ2v) is 3.83. The molecule has 4 heteroatoms. The van der Waals surface area contributed by atoms with Gasteiger partial charge in [0.25, 0.3) is 11.5 Å². The van der Waals surface area contributed by atoms with E-state index < -0.39 is 0 Å². The van der Waals surface area contributed by atoms with Gasteiger partial charge in [-0.15, -0.1) is 0 Å². The van der Waals surface area contributed by atoms with Crippen molar-refractivity contribution >= 4 is 5.91 Å². The highest BCUT2D eigenvalue weighted by Gasteiger charge is 2.19. The molecule has 15 heavy (non-hydrogen) atoms. The molecule has 1 aromatic heterocycles. The van der Waals surface area contributed by atoms with Crippen LogP contribution in [0.4, 0.5) is 0 Å². The summed E-state index contributed by atoms with van der Waals surface area (Å²) < 4.78 is 1.60. The zero-order valence-corrected chi connectivity index (χ0v) is 8.96. The lowest BCUT2D eigenvalue weighted by Gasteiger charge is -2.09. The van der Waals surface area contributed by atoms with Crippen LogP contribution in [0.2, 0.25) is 0 Å². The maximum absolute atomic E-state index is 11.8. The number of rotatable bonds is 1. The lowest BCUT2D eigenvalue weighted by atomic mass is 10.1. The molecule has 0 atom stereocenters. The Bertz CT molecular complexity index is 474. The minimum atomic E-state index is -0.301. The Morgan fingerprint density at radius 2 is 2.20 bits per heavy atom. The third-order valence-corrected chi connectivity index (χ3v) is 2.96. The van der Waals surface area contributed by atoms with Crippen LogP contribution in [-0.2, 0) is 19.9 Å². The van der Waals surface area contributed by atoms with Crippen LogP contribution < -0.4 is 10.9 Å². The smallest absolute Gasteiger partial charge is 0.263 e. The number of hydrogen-bond donors (Lipinski definition) is 1. The number of carbonyl (C=O) groups excluding carboxylic acids is 1. The Labute approximate surface area is 87.9 Å². The summed E-state index contributed by atoms with van der Waals surface area (Å²) >= 11 is 0. The predicted molar refractivity (Wildman–Crippen MR) is 57.1 cm³/mol. The summed E-state index contributed by atoms with van der Waals surface area (Å²) in [7, 11) is 3.27. The molecule has 0 unspecified atom stereocenters. The molecule has 0 saturated heterocycles. The molecule has 0 bridgehead atoms. The molecule has 0 saturated carbocycles. The molecule has 0 aromatic carbocycles. The highest BCUT2D eigenvalue weighted by molar-refractivity contribution is 5.93. The Hall–Kier alpha value is -1.58. The second kappa shape index (κ2) is 3.53. The normalized spacial score (nSPS) is 13.7. The molecule has 2 rings (SSSR count). The van der Waals surface area contributed by atoms with Crippen molar-refractivity contribution in [3.05, 3.63) is 33.2 Å². The maximum atomic E-state index is 11.8. The second-order valence-electron chi connectivity index (χ2n) is 3.83. The number of aromatic nitrogens is 1. The summed E-state index contributed by atoms with van der Waals surface area (Å²) in [5, 5.41) is 2.49. The number of aryl methyl sites for hydroxylation is 1. The van der Waals surface area contributed by atoms with Crippen molar-refractivity contribution in [1.82, 2.24) is 9.88 Å². The number of nitrogens with zero attached hydrogens (tertiary/aromatic N) is 1. The average molecular weight is 206 g/mol. The lowest BCUT2D eigenvalue weighted by Crippen LogP contribution is -2.31. The van der Waals surface area contributed by atoms with Crippen molar-refractivity contribution in [3.8, 4) is 0 Å². The van der Waals surface area contributed by atoms with Crippen molar-refractivity contribution in [2.75, 3.05) is 7.05 Å². The van der Waals surface area contributed by atoms with Crippen LogP contribution in [0.25, 0.3) is 0 Å². The van der Waals surface area contributed by atoms with Crippen LogP contribution in [-0.4, -0.2) is 17.5 Å². The lowest BCUT2D eigenvalue weighted by molar-refractivity contribution is 0.0961. The van der Waals surface area contributed by atoms with E-state index in [9.17, 15) is 9.59 Å². The Morgan fingerprint density at radius 1 is 1.47 bits per heavy atom. The molecule has 1 N–H and O–H groups in total. The van der Waals surface area contributed by atoms with Crippen molar-refractivity contribution in [2.45, 2.75) is 19.3 Å². The van der Waals surface area contributed by atoms with Crippen LogP contribution in [0.5, 0.6) is 0 Å². The summed E-state index contributed by atoms with van der Waals surface area (Å²) in [5.74, 6) is -0.301. The fourth-order valence-electron chi connectivity index (χ4n) is 2.13. The van der Waals surface area contributed by atoms with Crippen LogP contribution in [0.1, 0.15) is 28.0 Å². The largest absolute Gasteiger partial charge is 0.355 e. The molecule has 1 amide bonds. The summed E-state index contributed by atoms with van der Waals surface area (Å²) in [6.45, 7) is 0. The van der Waals surface area contributed by atoms with Gasteiger partial charge in [-0.2, -0.15) is 0 Å². The van der Waals surface area contributed by atoms with Gasteiger partial charge >= 0.3 is 0 Å². The van der Waals surface area contributed by atoms with Gasteiger partial charge in [0.05, 0.1) is 0 Å². The van der Waals surface area contributed by atoms with Crippen LogP contribution in [0, 0.1) is 0 Å². The first-order valence-electron chi connectivity index (χ1n) is 5.09. The highest BCUT2D eigenvalue weighted by atomic mass is 16.2. The van der Waals surface area contributed by atoms with E-state index >= 15 is 0 Å². The summed E-state index contributed by atoms with van der Waals surface area (Å²) in [6, 6.07) is 1.74. The predicted octanol–water partition coefficient (Wildman–Crippen LogP) is 0.234. The van der Waals surface area contributed by atoms with Crippen LogP contribution in [0.3, 0.4) is 0 Å². The van der Waals surface area contributed by atoms with Crippen molar-refractivity contribution < 1.29 is 4.79 Å². The highest BCUT2D eigenvalue weighted by Crippen LogP contribution is 2.20. The number of pyridine rings is 1. The molecule has 1 aromatic rings. The Balaban J connectivity index is 2.64. The van der Waals surface area contributed by atoms with E-state index in [1.165, 1.54) is 7.05 Å². The minimum absolute atomic E-state index is 0.199. The fraction of sp³-hybridized carbons (Fsp3) is 0.455. The SMILES string of the molecule is CNC(=O)c1cc2c(n(C)c1=O)CCC2. The van der Waals surface area contributed by atoms with Gasteiger partial charge in [0.15, 0.2) is 0 Å². The first-order valence-corrected chi connectivity index (χ1v) is 5.09. The molecule has 1 aliphatic carbocycles. The van der Waals surface area contributed by atoms with E-state index in [0.717, 1.165) is 30.5 Å². The number of amides is 1. The van der Waals surface area contributed by atoms with E-state index in [2.05, 4.69) is 5.32 Å². The van der Waals surface area contributed by atoms with Gasteiger partial charge in [0.1, 0.15) is 5.56 Å². The van der Waals surface area contributed by atoms with E-state index in [1.807, 2.05) is 0 Å². The van der Waals surface area contributed by atoms with E-state index in [-0.39, 0.29) is 17.0 Å². The van der Waals surface area contributed by atoms with Gasteiger partial charge < -0.3 is 9.88 Å². The summed E-state index contributed by atoms with van der Waals surface area (Å²) in [5.41, 5.74) is 2.26. The Morgan fingerprint density at radius 3 is 2.87 bits per heavy atom.